The highest BCUT2D eigenvalue weighted by Gasteiger charge is 2.28. The Labute approximate surface area is 106 Å². The molecule has 3 nitrogen and oxygen atoms in total. The third-order valence-corrected chi connectivity index (χ3v) is 3.52. The largest absolute Gasteiger partial charge is 0.354 e. The number of piperidine rings is 1. The van der Waals surface area contributed by atoms with Crippen molar-refractivity contribution in [3.8, 4) is 0 Å². The van der Waals surface area contributed by atoms with Gasteiger partial charge in [0.05, 0.1) is 0 Å². The van der Waals surface area contributed by atoms with Crippen LogP contribution < -0.4 is 5.32 Å². The van der Waals surface area contributed by atoms with E-state index in [-0.39, 0.29) is 11.4 Å². The molecular formula is C14H28N2O. The van der Waals surface area contributed by atoms with Crippen molar-refractivity contribution in [2.24, 2.45) is 5.92 Å². The summed E-state index contributed by atoms with van der Waals surface area (Å²) in [5.74, 6) is 0.623. The van der Waals surface area contributed by atoms with Gasteiger partial charge in [0, 0.05) is 18.5 Å². The van der Waals surface area contributed by atoms with E-state index < -0.39 is 0 Å². The molecule has 17 heavy (non-hydrogen) atoms. The normalized spacial score (nSPS) is 18.4. The fraction of sp³-hybridized carbons (Fsp3) is 0.929. The lowest BCUT2D eigenvalue weighted by atomic mass is 9.98. The molecule has 1 heterocycles. The van der Waals surface area contributed by atoms with Crippen LogP contribution in [0.4, 0.5) is 0 Å². The lowest BCUT2D eigenvalue weighted by Gasteiger charge is -2.41. The number of hydrogen-bond acceptors (Lipinski definition) is 2. The van der Waals surface area contributed by atoms with Gasteiger partial charge in [-0.05, 0) is 45.7 Å². The molecule has 1 saturated heterocycles. The fourth-order valence-corrected chi connectivity index (χ4v) is 2.37. The number of nitrogens with one attached hydrogen (secondary N) is 1. The lowest BCUT2D eigenvalue weighted by Crippen LogP contribution is -2.53. The standard InChI is InChI=1S/C14H28N2O/c1-12(2)10-13(17)15-11-14(3,4)16-8-6-5-7-9-16/h12H,5-11H2,1-4H3,(H,15,17). The summed E-state index contributed by atoms with van der Waals surface area (Å²) in [6.07, 6.45) is 4.58. The number of likely N-dealkylation sites (tertiary alicyclic amines) is 1. The van der Waals surface area contributed by atoms with Gasteiger partial charge < -0.3 is 5.32 Å². The second kappa shape index (κ2) is 6.39. The monoisotopic (exact) mass is 240 g/mol. The molecule has 3 heteroatoms. The third kappa shape index (κ3) is 5.07. The van der Waals surface area contributed by atoms with E-state index in [4.69, 9.17) is 0 Å². The molecule has 1 aliphatic heterocycles. The zero-order chi connectivity index (χ0) is 12.9. The maximum Gasteiger partial charge on any atom is 0.220 e. The molecule has 1 rings (SSSR count). The van der Waals surface area contributed by atoms with Crippen molar-refractivity contribution in [1.82, 2.24) is 10.2 Å². The Bertz CT molecular complexity index is 243. The maximum atomic E-state index is 11.7. The number of amides is 1. The van der Waals surface area contributed by atoms with Gasteiger partial charge in [-0.3, -0.25) is 9.69 Å². The van der Waals surface area contributed by atoms with Crippen molar-refractivity contribution in [2.75, 3.05) is 19.6 Å². The average molecular weight is 240 g/mol. The van der Waals surface area contributed by atoms with Crippen molar-refractivity contribution in [1.29, 1.82) is 0 Å². The molecule has 1 fully saturated rings. The van der Waals surface area contributed by atoms with Crippen LogP contribution in [0.2, 0.25) is 0 Å². The van der Waals surface area contributed by atoms with E-state index in [1.54, 1.807) is 0 Å². The molecule has 0 radical (unpaired) electrons. The number of rotatable bonds is 5. The van der Waals surface area contributed by atoms with E-state index in [1.807, 2.05) is 0 Å². The van der Waals surface area contributed by atoms with Crippen LogP contribution in [0.5, 0.6) is 0 Å². The molecule has 0 atom stereocenters. The van der Waals surface area contributed by atoms with Gasteiger partial charge >= 0.3 is 0 Å². The minimum absolute atomic E-state index is 0.0903. The van der Waals surface area contributed by atoms with Crippen LogP contribution in [0.3, 0.4) is 0 Å². The molecule has 0 aromatic carbocycles. The van der Waals surface area contributed by atoms with Gasteiger partial charge in [0.25, 0.3) is 0 Å². The van der Waals surface area contributed by atoms with Crippen LogP contribution in [0, 0.1) is 5.92 Å². The number of carbonyl (C=O) groups excluding carboxylic acids is 1. The Morgan fingerprint density at radius 2 is 1.82 bits per heavy atom. The number of nitrogens with zero attached hydrogens (tertiary/aromatic N) is 1. The van der Waals surface area contributed by atoms with Crippen LogP contribution in [0.15, 0.2) is 0 Å². The lowest BCUT2D eigenvalue weighted by molar-refractivity contribution is -0.122. The van der Waals surface area contributed by atoms with Crippen LogP contribution in [0.1, 0.15) is 53.4 Å². The molecule has 100 valence electrons. The topological polar surface area (TPSA) is 32.3 Å². The van der Waals surface area contributed by atoms with E-state index in [0.29, 0.717) is 12.3 Å². The fourth-order valence-electron chi connectivity index (χ4n) is 2.37. The summed E-state index contributed by atoms with van der Waals surface area (Å²) < 4.78 is 0. The summed E-state index contributed by atoms with van der Waals surface area (Å²) >= 11 is 0. The van der Waals surface area contributed by atoms with E-state index in [9.17, 15) is 4.79 Å². The molecule has 1 N–H and O–H groups in total. The summed E-state index contributed by atoms with van der Waals surface area (Å²) in [7, 11) is 0. The molecular weight excluding hydrogens is 212 g/mol. The molecule has 0 aliphatic carbocycles. The van der Waals surface area contributed by atoms with E-state index in [0.717, 1.165) is 6.54 Å². The Balaban J connectivity index is 2.35. The summed E-state index contributed by atoms with van der Waals surface area (Å²) in [6, 6.07) is 0. The minimum atomic E-state index is 0.0903. The Morgan fingerprint density at radius 3 is 2.35 bits per heavy atom. The summed E-state index contributed by atoms with van der Waals surface area (Å²) in [4.78, 5) is 14.2. The molecule has 0 saturated carbocycles. The quantitative estimate of drug-likeness (QED) is 0.800. The van der Waals surface area contributed by atoms with E-state index in [2.05, 4.69) is 37.9 Å². The first kappa shape index (κ1) is 14.5. The van der Waals surface area contributed by atoms with Gasteiger partial charge in [-0.2, -0.15) is 0 Å². The first-order valence-corrected chi connectivity index (χ1v) is 6.93. The van der Waals surface area contributed by atoms with Crippen molar-refractivity contribution in [3.05, 3.63) is 0 Å². The van der Waals surface area contributed by atoms with Gasteiger partial charge in [0.2, 0.25) is 5.91 Å². The molecule has 0 aromatic rings. The highest BCUT2D eigenvalue weighted by atomic mass is 16.1. The van der Waals surface area contributed by atoms with Crippen molar-refractivity contribution in [2.45, 2.75) is 58.9 Å². The minimum Gasteiger partial charge on any atom is -0.354 e. The summed E-state index contributed by atoms with van der Waals surface area (Å²) in [6.45, 7) is 11.7. The van der Waals surface area contributed by atoms with E-state index >= 15 is 0 Å². The third-order valence-electron chi connectivity index (χ3n) is 3.52. The Morgan fingerprint density at radius 1 is 1.24 bits per heavy atom. The van der Waals surface area contributed by atoms with Crippen LogP contribution >= 0.6 is 0 Å². The number of hydrogen-bond donors (Lipinski definition) is 1. The second-order valence-corrected chi connectivity index (χ2v) is 6.23. The zero-order valence-electron chi connectivity index (χ0n) is 11.9. The zero-order valence-corrected chi connectivity index (χ0v) is 11.9. The average Bonchev–Trinajstić information content (AvgIpc) is 2.27. The van der Waals surface area contributed by atoms with Crippen molar-refractivity contribution >= 4 is 5.91 Å². The molecule has 1 amide bonds. The smallest absolute Gasteiger partial charge is 0.220 e. The predicted molar refractivity (Wildman–Crippen MR) is 72.0 cm³/mol. The van der Waals surface area contributed by atoms with Gasteiger partial charge in [0.15, 0.2) is 0 Å². The van der Waals surface area contributed by atoms with Crippen molar-refractivity contribution in [3.63, 3.8) is 0 Å². The van der Waals surface area contributed by atoms with Gasteiger partial charge in [-0.15, -0.1) is 0 Å². The van der Waals surface area contributed by atoms with Gasteiger partial charge in [-0.1, -0.05) is 20.3 Å². The summed E-state index contributed by atoms with van der Waals surface area (Å²) in [5, 5.41) is 3.07. The SMILES string of the molecule is CC(C)CC(=O)NCC(C)(C)N1CCCCC1. The van der Waals surface area contributed by atoms with Crippen molar-refractivity contribution < 1.29 is 4.79 Å². The van der Waals surface area contributed by atoms with Crippen LogP contribution in [-0.2, 0) is 4.79 Å². The molecule has 1 aliphatic rings. The second-order valence-electron chi connectivity index (χ2n) is 6.23. The van der Waals surface area contributed by atoms with Gasteiger partial charge in [0.1, 0.15) is 0 Å². The Kier molecular flexibility index (Phi) is 5.44. The highest BCUT2D eigenvalue weighted by molar-refractivity contribution is 5.76. The molecule has 0 bridgehead atoms. The molecule has 0 aromatic heterocycles. The van der Waals surface area contributed by atoms with Crippen LogP contribution in [-0.4, -0.2) is 36.0 Å². The first-order valence-electron chi connectivity index (χ1n) is 6.93. The summed E-state index contributed by atoms with van der Waals surface area (Å²) in [5.41, 5.74) is 0.0903. The first-order chi connectivity index (χ1) is 7.92. The molecule has 0 spiro atoms. The molecule has 0 unspecified atom stereocenters. The van der Waals surface area contributed by atoms with Gasteiger partial charge in [-0.25, -0.2) is 0 Å². The maximum absolute atomic E-state index is 11.7. The number of carbonyl (C=O) groups is 1. The van der Waals surface area contributed by atoms with Crippen LogP contribution in [0.25, 0.3) is 0 Å². The highest BCUT2D eigenvalue weighted by Crippen LogP contribution is 2.19. The Hall–Kier alpha value is -0.570. The predicted octanol–water partition coefficient (Wildman–Crippen LogP) is 2.41. The van der Waals surface area contributed by atoms with E-state index in [1.165, 1.54) is 32.4 Å².